The van der Waals surface area contributed by atoms with Crippen molar-refractivity contribution >= 4 is 40.0 Å². The Labute approximate surface area is 174 Å². The van der Waals surface area contributed by atoms with Gasteiger partial charge in [-0.1, -0.05) is 26.0 Å². The largest absolute Gasteiger partial charge is 0.462 e. The van der Waals surface area contributed by atoms with Crippen molar-refractivity contribution in [1.82, 2.24) is 4.90 Å². The van der Waals surface area contributed by atoms with Crippen LogP contribution in [-0.4, -0.2) is 42.2 Å². The van der Waals surface area contributed by atoms with Crippen molar-refractivity contribution in [3.63, 3.8) is 0 Å². The molecule has 0 atom stereocenters. The molecule has 2 heterocycles. The molecule has 0 fully saturated rings. The molecule has 0 bridgehead atoms. The number of nitrogens with one attached hydrogen (secondary N) is 1. The summed E-state index contributed by atoms with van der Waals surface area (Å²) in [5, 5.41) is 3.60. The van der Waals surface area contributed by atoms with Gasteiger partial charge in [0, 0.05) is 22.9 Å². The number of carbonyl (C=O) groups excluding carboxylic acids is 2. The normalized spacial score (nSPS) is 13.8. The molecule has 150 valence electrons. The van der Waals surface area contributed by atoms with Crippen LogP contribution in [0.1, 0.15) is 51.9 Å². The van der Waals surface area contributed by atoms with E-state index in [1.165, 1.54) is 11.3 Å². The Balaban J connectivity index is 1.94. The molecular formula is C21H26N2O3S2. The number of amides is 1. The maximum absolute atomic E-state index is 13.0. The minimum absolute atomic E-state index is 0.187. The number of likely N-dealkylation sites (N-methyl/N-ethyl adjacent to an activating group) is 1. The van der Waals surface area contributed by atoms with E-state index in [-0.39, 0.29) is 11.9 Å². The van der Waals surface area contributed by atoms with E-state index < -0.39 is 0 Å². The van der Waals surface area contributed by atoms with E-state index in [1.54, 1.807) is 18.7 Å². The zero-order valence-electron chi connectivity index (χ0n) is 16.5. The molecule has 0 unspecified atom stereocenters. The van der Waals surface area contributed by atoms with Crippen LogP contribution in [0.15, 0.2) is 29.2 Å². The van der Waals surface area contributed by atoms with Gasteiger partial charge < -0.3 is 10.1 Å². The third-order valence-corrected chi connectivity index (χ3v) is 6.81. The number of rotatable bonds is 7. The molecule has 1 amide bonds. The molecule has 1 aliphatic heterocycles. The minimum Gasteiger partial charge on any atom is -0.462 e. The summed E-state index contributed by atoms with van der Waals surface area (Å²) in [6.45, 7) is 8.99. The standard InChI is InChI=1S/C21H26N2O3S2/c1-4-23-12-11-14-17(13-23)28-20(18(14)21(25)26-5-2)22-19(24)15-9-7-8-10-16(15)27-6-3/h7-10H,4-6,11-13H2,1-3H3,(H,22,24). The molecule has 1 aromatic carbocycles. The predicted octanol–water partition coefficient (Wildman–Crippen LogP) is 4.67. The summed E-state index contributed by atoms with van der Waals surface area (Å²) in [6, 6.07) is 7.57. The van der Waals surface area contributed by atoms with E-state index >= 15 is 0 Å². The number of carbonyl (C=O) groups is 2. The van der Waals surface area contributed by atoms with E-state index in [0.717, 1.165) is 47.1 Å². The van der Waals surface area contributed by atoms with Gasteiger partial charge in [0.2, 0.25) is 0 Å². The van der Waals surface area contributed by atoms with E-state index in [1.807, 2.05) is 24.3 Å². The molecule has 0 saturated heterocycles. The van der Waals surface area contributed by atoms with Crippen molar-refractivity contribution in [2.75, 3.05) is 30.8 Å². The molecule has 0 saturated carbocycles. The highest BCUT2D eigenvalue weighted by atomic mass is 32.2. The molecular weight excluding hydrogens is 392 g/mol. The third-order valence-electron chi connectivity index (χ3n) is 4.72. The molecule has 28 heavy (non-hydrogen) atoms. The Morgan fingerprint density at radius 1 is 1.25 bits per heavy atom. The van der Waals surface area contributed by atoms with Gasteiger partial charge in [0.1, 0.15) is 5.00 Å². The lowest BCUT2D eigenvalue weighted by Crippen LogP contribution is -2.30. The second-order valence-electron chi connectivity index (χ2n) is 6.43. The maximum Gasteiger partial charge on any atom is 0.341 e. The Morgan fingerprint density at radius 2 is 2.04 bits per heavy atom. The van der Waals surface area contributed by atoms with Crippen LogP contribution < -0.4 is 5.32 Å². The summed E-state index contributed by atoms with van der Waals surface area (Å²) in [4.78, 5) is 30.1. The van der Waals surface area contributed by atoms with Crippen molar-refractivity contribution in [2.24, 2.45) is 0 Å². The average molecular weight is 419 g/mol. The molecule has 1 aromatic heterocycles. The molecule has 3 rings (SSSR count). The van der Waals surface area contributed by atoms with Gasteiger partial charge in [-0.25, -0.2) is 4.79 Å². The second kappa shape index (κ2) is 9.58. The van der Waals surface area contributed by atoms with Crippen LogP contribution in [-0.2, 0) is 17.7 Å². The topological polar surface area (TPSA) is 58.6 Å². The highest BCUT2D eigenvalue weighted by Gasteiger charge is 2.29. The number of benzene rings is 1. The van der Waals surface area contributed by atoms with E-state index in [4.69, 9.17) is 4.74 Å². The molecule has 1 aliphatic rings. The van der Waals surface area contributed by atoms with Crippen molar-refractivity contribution in [3.8, 4) is 0 Å². The van der Waals surface area contributed by atoms with Crippen molar-refractivity contribution in [1.29, 1.82) is 0 Å². The summed E-state index contributed by atoms with van der Waals surface area (Å²) in [5.74, 6) is 0.350. The lowest BCUT2D eigenvalue weighted by molar-refractivity contribution is 0.0526. The molecule has 0 spiro atoms. The number of thioether (sulfide) groups is 1. The lowest BCUT2D eigenvalue weighted by atomic mass is 10.0. The van der Waals surface area contributed by atoms with Gasteiger partial charge >= 0.3 is 5.97 Å². The Bertz CT molecular complexity index is 863. The van der Waals surface area contributed by atoms with E-state index in [2.05, 4.69) is 24.1 Å². The number of fused-ring (bicyclic) bond motifs is 1. The number of esters is 1. The first-order valence-corrected chi connectivity index (χ1v) is 11.5. The fourth-order valence-corrected chi connectivity index (χ4v) is 5.41. The summed E-state index contributed by atoms with van der Waals surface area (Å²) in [5.41, 5.74) is 2.19. The molecule has 0 radical (unpaired) electrons. The second-order valence-corrected chi connectivity index (χ2v) is 8.84. The summed E-state index contributed by atoms with van der Waals surface area (Å²) < 4.78 is 5.29. The van der Waals surface area contributed by atoms with E-state index in [9.17, 15) is 9.59 Å². The first kappa shape index (κ1) is 20.9. The van der Waals surface area contributed by atoms with Gasteiger partial charge in [-0.3, -0.25) is 9.69 Å². The first-order chi connectivity index (χ1) is 13.6. The van der Waals surface area contributed by atoms with Crippen LogP contribution in [0.5, 0.6) is 0 Å². The molecule has 2 aromatic rings. The fourth-order valence-electron chi connectivity index (χ4n) is 3.34. The Morgan fingerprint density at radius 3 is 2.75 bits per heavy atom. The van der Waals surface area contributed by atoms with Crippen LogP contribution in [0, 0.1) is 0 Å². The van der Waals surface area contributed by atoms with E-state index in [0.29, 0.717) is 22.7 Å². The highest BCUT2D eigenvalue weighted by molar-refractivity contribution is 7.99. The van der Waals surface area contributed by atoms with Crippen LogP contribution in [0.3, 0.4) is 0 Å². The van der Waals surface area contributed by atoms with Crippen LogP contribution >= 0.6 is 23.1 Å². The Kier molecular flexibility index (Phi) is 7.15. The number of anilines is 1. The summed E-state index contributed by atoms with van der Waals surface area (Å²) in [7, 11) is 0. The van der Waals surface area contributed by atoms with Gasteiger partial charge in [0.25, 0.3) is 5.91 Å². The third kappa shape index (κ3) is 4.42. The number of ether oxygens (including phenoxy) is 1. The first-order valence-electron chi connectivity index (χ1n) is 9.66. The zero-order valence-corrected chi connectivity index (χ0v) is 18.2. The van der Waals surface area contributed by atoms with Gasteiger partial charge in [-0.05, 0) is 43.3 Å². The van der Waals surface area contributed by atoms with Gasteiger partial charge in [0.05, 0.1) is 17.7 Å². The van der Waals surface area contributed by atoms with Crippen molar-refractivity contribution < 1.29 is 14.3 Å². The smallest absolute Gasteiger partial charge is 0.341 e. The minimum atomic E-state index is -0.350. The van der Waals surface area contributed by atoms with Gasteiger partial charge in [-0.2, -0.15) is 0 Å². The SMILES string of the molecule is CCOC(=O)c1c(NC(=O)c2ccccc2SCC)sc2c1CCN(CC)C2. The van der Waals surface area contributed by atoms with Gasteiger partial charge in [0.15, 0.2) is 0 Å². The van der Waals surface area contributed by atoms with Crippen LogP contribution in [0.2, 0.25) is 0 Å². The summed E-state index contributed by atoms with van der Waals surface area (Å²) in [6.07, 6.45) is 0.798. The number of nitrogens with zero attached hydrogens (tertiary/aromatic N) is 1. The zero-order chi connectivity index (χ0) is 20.1. The number of hydrogen-bond donors (Lipinski definition) is 1. The summed E-state index contributed by atoms with van der Waals surface area (Å²) >= 11 is 3.13. The lowest BCUT2D eigenvalue weighted by Gasteiger charge is -2.25. The monoisotopic (exact) mass is 418 g/mol. The Hall–Kier alpha value is -1.83. The number of hydrogen-bond acceptors (Lipinski definition) is 6. The maximum atomic E-state index is 13.0. The van der Waals surface area contributed by atoms with Crippen LogP contribution in [0.25, 0.3) is 0 Å². The van der Waals surface area contributed by atoms with Crippen molar-refractivity contribution in [3.05, 3.63) is 45.8 Å². The quantitative estimate of drug-likeness (QED) is 0.523. The molecule has 7 heteroatoms. The fraction of sp³-hybridized carbons (Fsp3) is 0.429. The molecule has 5 nitrogen and oxygen atoms in total. The molecule has 0 aliphatic carbocycles. The van der Waals surface area contributed by atoms with Crippen molar-refractivity contribution in [2.45, 2.75) is 38.6 Å². The molecule has 1 N–H and O–H groups in total. The predicted molar refractivity (Wildman–Crippen MR) is 116 cm³/mol. The van der Waals surface area contributed by atoms with Gasteiger partial charge in [-0.15, -0.1) is 23.1 Å². The highest BCUT2D eigenvalue weighted by Crippen LogP contribution is 2.38. The average Bonchev–Trinajstić information content (AvgIpc) is 3.05. The van der Waals surface area contributed by atoms with Crippen LogP contribution in [0.4, 0.5) is 5.00 Å². The number of thiophene rings is 1.